The molecule has 2 nitrogen and oxygen atoms in total. The Hall–Kier alpha value is -1.28. The number of oxazole rings is 1. The van der Waals surface area contributed by atoms with Crippen molar-refractivity contribution in [3.05, 3.63) is 40.4 Å². The number of nitrogens with zero attached hydrogens (tertiary/aromatic N) is 1. The summed E-state index contributed by atoms with van der Waals surface area (Å²) >= 11 is 6.25. The zero-order valence-corrected chi connectivity index (χ0v) is 12.8. The van der Waals surface area contributed by atoms with Crippen molar-refractivity contribution in [2.24, 2.45) is 0 Å². The van der Waals surface area contributed by atoms with Crippen LogP contribution in [0.15, 0.2) is 22.6 Å². The Bertz CT molecular complexity index is 611. The number of rotatable bonds is 2. The molecular weight excluding hydrogens is 270 g/mol. The lowest BCUT2D eigenvalue weighted by molar-refractivity contribution is 0.437. The highest BCUT2D eigenvalue weighted by molar-refractivity contribution is 6.31. The molecule has 0 radical (unpaired) electrons. The third-order valence-corrected chi connectivity index (χ3v) is 4.59. The van der Waals surface area contributed by atoms with E-state index in [1.54, 1.807) is 0 Å². The molecule has 0 unspecified atom stereocenters. The largest absolute Gasteiger partial charge is 0.441 e. The van der Waals surface area contributed by atoms with E-state index < -0.39 is 0 Å². The van der Waals surface area contributed by atoms with Crippen molar-refractivity contribution in [3.8, 4) is 11.3 Å². The maximum Gasteiger partial charge on any atom is 0.192 e. The van der Waals surface area contributed by atoms with Gasteiger partial charge in [-0.25, -0.2) is 4.98 Å². The van der Waals surface area contributed by atoms with Crippen LogP contribution in [0.1, 0.15) is 55.2 Å². The Balaban J connectivity index is 2.01. The van der Waals surface area contributed by atoms with Gasteiger partial charge in [-0.3, -0.25) is 0 Å². The molecule has 0 spiro atoms. The van der Waals surface area contributed by atoms with Crippen LogP contribution < -0.4 is 0 Å². The highest BCUT2D eigenvalue weighted by atomic mass is 35.5. The molecule has 106 valence electrons. The predicted octanol–water partition coefficient (Wildman–Crippen LogP) is 5.66. The maximum absolute atomic E-state index is 6.25. The van der Waals surface area contributed by atoms with Gasteiger partial charge in [0.2, 0.25) is 0 Å². The third-order valence-electron chi connectivity index (χ3n) is 4.19. The van der Waals surface area contributed by atoms with Gasteiger partial charge in [-0.15, -0.1) is 0 Å². The summed E-state index contributed by atoms with van der Waals surface area (Å²) in [6.07, 6.45) is 6.38. The van der Waals surface area contributed by atoms with Crippen molar-refractivity contribution >= 4 is 11.6 Å². The quantitative estimate of drug-likeness (QED) is 0.713. The highest BCUT2D eigenvalue weighted by Gasteiger charge is 2.24. The summed E-state index contributed by atoms with van der Waals surface area (Å²) in [5.41, 5.74) is 3.26. The van der Waals surface area contributed by atoms with Crippen LogP contribution in [-0.2, 0) is 0 Å². The summed E-state index contributed by atoms with van der Waals surface area (Å²) in [7, 11) is 0. The topological polar surface area (TPSA) is 26.0 Å². The number of hydrogen-bond donors (Lipinski definition) is 0. The van der Waals surface area contributed by atoms with Gasteiger partial charge in [-0.05, 0) is 31.4 Å². The summed E-state index contributed by atoms with van der Waals surface area (Å²) in [5.74, 6) is 2.20. The van der Waals surface area contributed by atoms with Crippen LogP contribution in [0, 0.1) is 13.8 Å². The number of halogens is 1. The van der Waals surface area contributed by atoms with Crippen LogP contribution in [0.3, 0.4) is 0 Å². The molecule has 2 aromatic rings. The summed E-state index contributed by atoms with van der Waals surface area (Å²) in [6, 6.07) is 6.11. The Morgan fingerprint density at radius 2 is 1.90 bits per heavy atom. The Morgan fingerprint density at radius 1 is 1.15 bits per heavy atom. The smallest absolute Gasteiger partial charge is 0.192 e. The predicted molar refractivity (Wildman–Crippen MR) is 82.2 cm³/mol. The third kappa shape index (κ3) is 2.62. The Kier molecular flexibility index (Phi) is 3.84. The molecule has 0 amide bonds. The zero-order chi connectivity index (χ0) is 14.1. The molecule has 3 rings (SSSR count). The average Bonchev–Trinajstić information content (AvgIpc) is 2.85. The second-order valence-corrected chi connectivity index (χ2v) is 6.15. The fraction of sp³-hybridized carbons (Fsp3) is 0.471. The van der Waals surface area contributed by atoms with Crippen LogP contribution in [0.5, 0.6) is 0 Å². The highest BCUT2D eigenvalue weighted by Crippen LogP contribution is 2.38. The average molecular weight is 290 g/mol. The Morgan fingerprint density at radius 3 is 2.60 bits per heavy atom. The number of aryl methyl sites for hydroxylation is 2. The fourth-order valence-corrected chi connectivity index (χ4v) is 3.22. The number of hydrogen-bond acceptors (Lipinski definition) is 2. The van der Waals surface area contributed by atoms with Crippen LogP contribution in [0.2, 0.25) is 5.02 Å². The molecular formula is C17H20ClNO. The van der Waals surface area contributed by atoms with E-state index in [-0.39, 0.29) is 0 Å². The summed E-state index contributed by atoms with van der Waals surface area (Å²) < 4.78 is 5.88. The van der Waals surface area contributed by atoms with Crippen molar-refractivity contribution in [2.75, 3.05) is 0 Å². The summed E-state index contributed by atoms with van der Waals surface area (Å²) in [6.45, 7) is 3.94. The molecule has 0 saturated heterocycles. The van der Waals surface area contributed by atoms with Crippen molar-refractivity contribution in [1.29, 1.82) is 0 Å². The fourth-order valence-electron chi connectivity index (χ4n) is 3.04. The van der Waals surface area contributed by atoms with Gasteiger partial charge in [0, 0.05) is 23.4 Å². The number of benzene rings is 1. The van der Waals surface area contributed by atoms with E-state index in [0.717, 1.165) is 33.5 Å². The van der Waals surface area contributed by atoms with E-state index in [0.29, 0.717) is 5.92 Å². The van der Waals surface area contributed by atoms with E-state index in [1.807, 2.05) is 26.0 Å². The molecule has 20 heavy (non-hydrogen) atoms. The van der Waals surface area contributed by atoms with Gasteiger partial charge in [-0.2, -0.15) is 0 Å². The van der Waals surface area contributed by atoms with Crippen molar-refractivity contribution < 1.29 is 4.42 Å². The lowest BCUT2D eigenvalue weighted by Crippen LogP contribution is -2.06. The minimum Gasteiger partial charge on any atom is -0.441 e. The van der Waals surface area contributed by atoms with Crippen molar-refractivity contribution in [3.63, 3.8) is 0 Å². The van der Waals surface area contributed by atoms with Gasteiger partial charge >= 0.3 is 0 Å². The molecule has 1 fully saturated rings. The molecule has 1 aromatic carbocycles. The monoisotopic (exact) mass is 289 g/mol. The van der Waals surface area contributed by atoms with Gasteiger partial charge in [0.15, 0.2) is 11.7 Å². The van der Waals surface area contributed by atoms with E-state index in [4.69, 9.17) is 16.0 Å². The first kappa shape index (κ1) is 13.7. The normalized spacial score (nSPS) is 16.6. The minimum absolute atomic E-state index is 0.538. The zero-order valence-electron chi connectivity index (χ0n) is 12.1. The summed E-state index contributed by atoms with van der Waals surface area (Å²) in [5, 5.41) is 0.783. The summed E-state index contributed by atoms with van der Waals surface area (Å²) in [4.78, 5) is 4.65. The van der Waals surface area contributed by atoms with E-state index in [9.17, 15) is 0 Å². The molecule has 3 heteroatoms. The van der Waals surface area contributed by atoms with Gasteiger partial charge < -0.3 is 4.42 Å². The molecule has 0 bridgehead atoms. The molecule has 1 aromatic heterocycles. The molecule has 0 aliphatic heterocycles. The van der Waals surface area contributed by atoms with Gasteiger partial charge in [0.25, 0.3) is 0 Å². The lowest BCUT2D eigenvalue weighted by atomic mass is 9.85. The molecule has 1 heterocycles. The van der Waals surface area contributed by atoms with Gasteiger partial charge in [-0.1, -0.05) is 43.0 Å². The first-order valence-corrected chi connectivity index (χ1v) is 7.77. The van der Waals surface area contributed by atoms with Crippen LogP contribution >= 0.6 is 11.6 Å². The van der Waals surface area contributed by atoms with Crippen LogP contribution in [-0.4, -0.2) is 4.98 Å². The molecule has 1 aliphatic rings. The second-order valence-electron chi connectivity index (χ2n) is 5.75. The number of aromatic nitrogens is 1. The Labute approximate surface area is 125 Å². The van der Waals surface area contributed by atoms with Crippen LogP contribution in [0.4, 0.5) is 0 Å². The van der Waals surface area contributed by atoms with E-state index >= 15 is 0 Å². The van der Waals surface area contributed by atoms with Crippen LogP contribution in [0.25, 0.3) is 11.3 Å². The van der Waals surface area contributed by atoms with Crippen molar-refractivity contribution in [2.45, 2.75) is 51.9 Å². The molecule has 1 aliphatic carbocycles. The first-order valence-electron chi connectivity index (χ1n) is 7.39. The van der Waals surface area contributed by atoms with E-state index in [2.05, 4.69) is 11.1 Å². The second kappa shape index (κ2) is 5.61. The minimum atomic E-state index is 0.538. The standard InChI is InChI=1S/C17H20ClNO/c1-11-8-9-14(10-15(11)18)17-16(19-12(2)20-17)13-6-4-3-5-7-13/h8-10,13H,3-7H2,1-2H3. The van der Waals surface area contributed by atoms with Gasteiger partial charge in [0.05, 0.1) is 5.69 Å². The molecule has 1 saturated carbocycles. The SMILES string of the molecule is Cc1nc(C2CCCCC2)c(-c2ccc(C)c(Cl)c2)o1. The van der Waals surface area contributed by atoms with E-state index in [1.165, 1.54) is 32.1 Å². The molecule has 0 N–H and O–H groups in total. The molecule has 0 atom stereocenters. The van der Waals surface area contributed by atoms with Gasteiger partial charge in [0.1, 0.15) is 0 Å². The van der Waals surface area contributed by atoms with Crippen molar-refractivity contribution in [1.82, 2.24) is 4.98 Å². The first-order chi connectivity index (χ1) is 9.65. The lowest BCUT2D eigenvalue weighted by Gasteiger charge is -2.20. The maximum atomic E-state index is 6.25.